The molecule has 0 amide bonds. The van der Waals surface area contributed by atoms with Gasteiger partial charge in [0.25, 0.3) is 0 Å². The molecule has 0 spiro atoms. The third-order valence-electron chi connectivity index (χ3n) is 2.31. The maximum absolute atomic E-state index is 6.20. The number of halogens is 2. The highest BCUT2D eigenvalue weighted by Gasteiger charge is 2.13. The molecular weight excluding hydrogens is 247 g/mol. The van der Waals surface area contributed by atoms with Crippen LogP contribution in [0, 0.1) is 6.92 Å². The average Bonchev–Trinajstić information content (AvgIpc) is 2.55. The van der Waals surface area contributed by atoms with Crippen molar-refractivity contribution in [2.75, 3.05) is 0 Å². The second kappa shape index (κ2) is 4.39. The largest absolute Gasteiger partial charge is 0.201 e. The van der Waals surface area contributed by atoms with E-state index in [0.29, 0.717) is 16.1 Å². The Hall–Kier alpha value is -1.13. The van der Waals surface area contributed by atoms with Crippen LogP contribution in [0.3, 0.4) is 0 Å². The van der Waals surface area contributed by atoms with E-state index in [1.807, 2.05) is 13.8 Å². The fourth-order valence-electron chi connectivity index (χ4n) is 1.51. The van der Waals surface area contributed by atoms with Crippen LogP contribution in [0.15, 0.2) is 12.1 Å². The molecule has 0 N–H and O–H groups in total. The predicted molar refractivity (Wildman–Crippen MR) is 63.3 cm³/mol. The second-order valence-corrected chi connectivity index (χ2v) is 4.08. The van der Waals surface area contributed by atoms with Crippen LogP contribution in [-0.4, -0.2) is 20.0 Å². The van der Waals surface area contributed by atoms with Crippen molar-refractivity contribution in [2.45, 2.75) is 20.3 Å². The van der Waals surface area contributed by atoms with Gasteiger partial charge in [0.2, 0.25) is 0 Å². The average molecular weight is 257 g/mol. The summed E-state index contributed by atoms with van der Waals surface area (Å²) in [5.41, 5.74) is 1.93. The molecule has 0 saturated carbocycles. The third kappa shape index (κ3) is 1.90. The van der Waals surface area contributed by atoms with Gasteiger partial charge >= 0.3 is 0 Å². The van der Waals surface area contributed by atoms with Crippen molar-refractivity contribution in [1.29, 1.82) is 0 Å². The number of nitrogens with zero attached hydrogens (tertiary/aromatic N) is 4. The Labute approximate surface area is 103 Å². The minimum atomic E-state index is 0.347. The SMILES string of the molecule is CCc1c(C)nn(-c2ccc(Cl)nn2)c1Cl. The molecule has 16 heavy (non-hydrogen) atoms. The first-order chi connectivity index (χ1) is 7.63. The molecule has 0 aromatic carbocycles. The summed E-state index contributed by atoms with van der Waals surface area (Å²) in [4.78, 5) is 0. The third-order valence-corrected chi connectivity index (χ3v) is 2.90. The summed E-state index contributed by atoms with van der Waals surface area (Å²) in [5, 5.41) is 12.9. The molecule has 0 radical (unpaired) electrons. The number of hydrogen-bond donors (Lipinski definition) is 0. The summed E-state index contributed by atoms with van der Waals surface area (Å²) in [6.45, 7) is 3.96. The van der Waals surface area contributed by atoms with Gasteiger partial charge in [-0.2, -0.15) is 5.10 Å². The van der Waals surface area contributed by atoms with Gasteiger partial charge < -0.3 is 0 Å². The van der Waals surface area contributed by atoms with Gasteiger partial charge in [0.05, 0.1) is 5.69 Å². The minimum absolute atomic E-state index is 0.347. The molecule has 0 unspecified atom stereocenters. The van der Waals surface area contributed by atoms with E-state index in [0.717, 1.165) is 17.7 Å². The predicted octanol–water partition coefficient (Wildman–Crippen LogP) is 2.84. The minimum Gasteiger partial charge on any atom is -0.201 e. The summed E-state index contributed by atoms with van der Waals surface area (Å²) in [7, 11) is 0. The first kappa shape index (κ1) is 11.4. The molecule has 0 aliphatic heterocycles. The van der Waals surface area contributed by atoms with Gasteiger partial charge in [-0.15, -0.1) is 10.2 Å². The van der Waals surface area contributed by atoms with Crippen molar-refractivity contribution in [3.05, 3.63) is 33.7 Å². The van der Waals surface area contributed by atoms with Crippen molar-refractivity contribution < 1.29 is 0 Å². The first-order valence-corrected chi connectivity index (χ1v) is 5.62. The quantitative estimate of drug-likeness (QED) is 0.830. The number of aryl methyl sites for hydroxylation is 1. The maximum Gasteiger partial charge on any atom is 0.177 e. The van der Waals surface area contributed by atoms with Crippen molar-refractivity contribution in [2.24, 2.45) is 0 Å². The van der Waals surface area contributed by atoms with Crippen LogP contribution in [0.4, 0.5) is 0 Å². The molecule has 0 aliphatic rings. The van der Waals surface area contributed by atoms with Gasteiger partial charge in [-0.25, -0.2) is 4.68 Å². The fraction of sp³-hybridized carbons (Fsp3) is 0.300. The first-order valence-electron chi connectivity index (χ1n) is 4.87. The van der Waals surface area contributed by atoms with E-state index in [2.05, 4.69) is 15.3 Å². The summed E-state index contributed by atoms with van der Waals surface area (Å²) < 4.78 is 1.57. The fourth-order valence-corrected chi connectivity index (χ4v) is 2.00. The van der Waals surface area contributed by atoms with Crippen LogP contribution in [0.2, 0.25) is 10.3 Å². The van der Waals surface area contributed by atoms with Crippen molar-refractivity contribution in [3.8, 4) is 5.82 Å². The highest BCUT2D eigenvalue weighted by Crippen LogP contribution is 2.22. The molecule has 0 bridgehead atoms. The van der Waals surface area contributed by atoms with Crippen LogP contribution >= 0.6 is 23.2 Å². The molecule has 2 aromatic rings. The molecule has 0 aliphatic carbocycles. The molecule has 0 saturated heterocycles. The smallest absolute Gasteiger partial charge is 0.177 e. The molecule has 2 heterocycles. The van der Waals surface area contributed by atoms with E-state index in [4.69, 9.17) is 23.2 Å². The monoisotopic (exact) mass is 256 g/mol. The van der Waals surface area contributed by atoms with Gasteiger partial charge in [0.15, 0.2) is 11.0 Å². The molecular formula is C10H10Cl2N4. The van der Waals surface area contributed by atoms with Crippen LogP contribution in [-0.2, 0) is 6.42 Å². The van der Waals surface area contributed by atoms with Gasteiger partial charge in [0, 0.05) is 5.56 Å². The van der Waals surface area contributed by atoms with Gasteiger partial charge in [-0.3, -0.25) is 0 Å². The molecule has 84 valence electrons. The molecule has 2 rings (SSSR count). The van der Waals surface area contributed by atoms with Crippen LogP contribution in [0.1, 0.15) is 18.2 Å². The zero-order valence-electron chi connectivity index (χ0n) is 8.91. The van der Waals surface area contributed by atoms with E-state index >= 15 is 0 Å². The summed E-state index contributed by atoms with van der Waals surface area (Å²) in [5.74, 6) is 0.567. The number of hydrogen-bond acceptors (Lipinski definition) is 3. The van der Waals surface area contributed by atoms with E-state index < -0.39 is 0 Å². The lowest BCUT2D eigenvalue weighted by Crippen LogP contribution is -2.01. The zero-order chi connectivity index (χ0) is 11.7. The summed E-state index contributed by atoms with van der Waals surface area (Å²) in [6, 6.07) is 3.38. The highest BCUT2D eigenvalue weighted by molar-refractivity contribution is 6.30. The second-order valence-electron chi connectivity index (χ2n) is 3.33. The molecule has 0 atom stereocenters. The standard InChI is InChI=1S/C10H10Cl2N4/c1-3-7-6(2)15-16(10(7)12)9-5-4-8(11)13-14-9/h4-5H,3H2,1-2H3. The van der Waals surface area contributed by atoms with Crippen molar-refractivity contribution >= 4 is 23.2 Å². The van der Waals surface area contributed by atoms with E-state index in [-0.39, 0.29) is 0 Å². The highest BCUT2D eigenvalue weighted by atomic mass is 35.5. The van der Waals surface area contributed by atoms with E-state index in [1.54, 1.807) is 16.8 Å². The van der Waals surface area contributed by atoms with E-state index in [9.17, 15) is 0 Å². The molecule has 4 nitrogen and oxygen atoms in total. The van der Waals surface area contributed by atoms with Crippen LogP contribution < -0.4 is 0 Å². The van der Waals surface area contributed by atoms with E-state index in [1.165, 1.54) is 0 Å². The topological polar surface area (TPSA) is 43.6 Å². The summed E-state index contributed by atoms with van der Waals surface area (Å²) in [6.07, 6.45) is 0.839. The lowest BCUT2D eigenvalue weighted by Gasteiger charge is -2.00. The van der Waals surface area contributed by atoms with Gasteiger partial charge in [-0.05, 0) is 25.5 Å². The van der Waals surface area contributed by atoms with Crippen molar-refractivity contribution in [1.82, 2.24) is 20.0 Å². The lowest BCUT2D eigenvalue weighted by molar-refractivity contribution is 0.804. The normalized spacial score (nSPS) is 10.8. The Balaban J connectivity index is 2.52. The van der Waals surface area contributed by atoms with Crippen LogP contribution in [0.25, 0.3) is 5.82 Å². The number of rotatable bonds is 2. The Bertz CT molecular complexity index is 504. The Morgan fingerprint density at radius 2 is 2.00 bits per heavy atom. The molecule has 0 fully saturated rings. The number of aromatic nitrogens is 4. The maximum atomic E-state index is 6.20. The Morgan fingerprint density at radius 3 is 2.50 bits per heavy atom. The Morgan fingerprint density at radius 1 is 1.25 bits per heavy atom. The lowest BCUT2D eigenvalue weighted by atomic mass is 10.2. The zero-order valence-corrected chi connectivity index (χ0v) is 10.4. The van der Waals surface area contributed by atoms with Crippen LogP contribution in [0.5, 0.6) is 0 Å². The van der Waals surface area contributed by atoms with Gasteiger partial charge in [0.1, 0.15) is 5.15 Å². The Kier molecular flexibility index (Phi) is 3.12. The summed E-state index contributed by atoms with van der Waals surface area (Å²) >= 11 is 11.9. The van der Waals surface area contributed by atoms with Crippen molar-refractivity contribution in [3.63, 3.8) is 0 Å². The molecule has 6 heteroatoms. The molecule has 2 aromatic heterocycles. The van der Waals surface area contributed by atoms with Gasteiger partial charge in [-0.1, -0.05) is 30.1 Å².